The first-order chi connectivity index (χ1) is 14.8. The van der Waals surface area contributed by atoms with Crippen LogP contribution in [0.4, 0.5) is 0 Å². The minimum atomic E-state index is -0.367. The van der Waals surface area contributed by atoms with E-state index in [1.165, 1.54) is 0 Å². The molecule has 32 heavy (non-hydrogen) atoms. The number of carbonyl (C=O) groups excluding carboxylic acids is 2. The first-order valence-electron chi connectivity index (χ1n) is 11.5. The number of carbonyl (C=O) groups is 2. The molecule has 1 aromatic carbocycles. The summed E-state index contributed by atoms with van der Waals surface area (Å²) in [6.07, 6.45) is 2.61. The number of nitrogens with zero attached hydrogens (tertiary/aromatic N) is 1. The molecule has 0 saturated carbocycles. The van der Waals surface area contributed by atoms with E-state index in [9.17, 15) is 9.59 Å². The number of benzene rings is 1. The molecule has 172 valence electrons. The van der Waals surface area contributed by atoms with Crippen molar-refractivity contribution in [2.45, 2.75) is 79.2 Å². The summed E-state index contributed by atoms with van der Waals surface area (Å²) >= 11 is 6.60. The molecule has 1 heterocycles. The van der Waals surface area contributed by atoms with Crippen LogP contribution in [0.25, 0.3) is 0 Å². The molecule has 0 fully saturated rings. The third-order valence-electron chi connectivity index (χ3n) is 6.83. The third-order valence-corrected chi connectivity index (χ3v) is 7.13. The molecule has 0 amide bonds. The van der Waals surface area contributed by atoms with E-state index in [0.717, 1.165) is 40.9 Å². The Labute approximate surface area is 196 Å². The molecular weight excluding hydrogens is 422 g/mol. The van der Waals surface area contributed by atoms with Crippen molar-refractivity contribution in [1.82, 2.24) is 4.90 Å². The van der Waals surface area contributed by atoms with Gasteiger partial charge in [-0.1, -0.05) is 45.4 Å². The lowest BCUT2D eigenvalue weighted by Crippen LogP contribution is -2.43. The second-order valence-corrected chi connectivity index (χ2v) is 11.9. The number of hydrogen-bond donors (Lipinski definition) is 0. The Morgan fingerprint density at radius 2 is 1.44 bits per heavy atom. The van der Waals surface area contributed by atoms with Gasteiger partial charge in [-0.25, -0.2) is 0 Å². The molecule has 0 spiro atoms. The summed E-state index contributed by atoms with van der Waals surface area (Å²) in [6.45, 7) is 12.5. The second-order valence-electron chi connectivity index (χ2n) is 11.5. The van der Waals surface area contributed by atoms with Crippen LogP contribution in [0.3, 0.4) is 0 Å². The van der Waals surface area contributed by atoms with Gasteiger partial charge in [0.2, 0.25) is 0 Å². The summed E-state index contributed by atoms with van der Waals surface area (Å²) in [5.41, 5.74) is 4.33. The minimum absolute atomic E-state index is 0.00890. The van der Waals surface area contributed by atoms with Crippen molar-refractivity contribution >= 4 is 23.2 Å². The largest absolute Gasteiger partial charge is 0.489 e. The molecule has 0 unspecified atom stereocenters. The number of ether oxygens (including phenoxy) is 1. The van der Waals surface area contributed by atoms with Crippen molar-refractivity contribution in [2.24, 2.45) is 10.8 Å². The lowest BCUT2D eigenvalue weighted by atomic mass is 9.64. The van der Waals surface area contributed by atoms with Crippen LogP contribution in [0.15, 0.2) is 40.7 Å². The van der Waals surface area contributed by atoms with E-state index in [1.54, 1.807) is 0 Å². The van der Waals surface area contributed by atoms with Gasteiger partial charge >= 0.3 is 0 Å². The van der Waals surface area contributed by atoms with E-state index < -0.39 is 0 Å². The summed E-state index contributed by atoms with van der Waals surface area (Å²) in [7, 11) is 2.02. The van der Waals surface area contributed by atoms with Gasteiger partial charge in [0.05, 0.1) is 11.1 Å². The number of Topliss-reactive ketones (excluding diaryl/α,β-unsaturated/α-hetero) is 2. The van der Waals surface area contributed by atoms with E-state index in [2.05, 4.69) is 32.6 Å². The highest BCUT2D eigenvalue weighted by atomic mass is 35.5. The maximum absolute atomic E-state index is 13.5. The molecular formula is C27H34ClNO3. The van der Waals surface area contributed by atoms with Crippen molar-refractivity contribution in [3.05, 3.63) is 51.3 Å². The van der Waals surface area contributed by atoms with E-state index in [4.69, 9.17) is 16.3 Å². The molecule has 4 rings (SSSR count). The average Bonchev–Trinajstić information content (AvgIpc) is 2.63. The van der Waals surface area contributed by atoms with Gasteiger partial charge in [0, 0.05) is 48.3 Å². The van der Waals surface area contributed by atoms with E-state index in [-0.39, 0.29) is 34.4 Å². The van der Waals surface area contributed by atoms with E-state index in [1.807, 2.05) is 39.1 Å². The van der Waals surface area contributed by atoms with Gasteiger partial charge in [0.25, 0.3) is 0 Å². The highest BCUT2D eigenvalue weighted by Crippen LogP contribution is 2.54. The van der Waals surface area contributed by atoms with E-state index >= 15 is 0 Å². The molecule has 0 atom stereocenters. The van der Waals surface area contributed by atoms with Crippen molar-refractivity contribution in [2.75, 3.05) is 7.05 Å². The summed E-state index contributed by atoms with van der Waals surface area (Å²) in [6, 6.07) is 5.71. The topological polar surface area (TPSA) is 46.6 Å². The fourth-order valence-corrected chi connectivity index (χ4v) is 5.78. The molecule has 5 heteroatoms. The number of allylic oxidation sites excluding steroid dienone is 4. The van der Waals surface area contributed by atoms with Gasteiger partial charge in [0.15, 0.2) is 11.6 Å². The fraction of sp³-hybridized carbons (Fsp3) is 0.556. The van der Waals surface area contributed by atoms with Crippen LogP contribution in [-0.4, -0.2) is 29.6 Å². The Bertz CT molecular complexity index is 1010. The molecule has 0 bridgehead atoms. The Hall–Kier alpha value is -2.07. The van der Waals surface area contributed by atoms with Crippen LogP contribution in [0, 0.1) is 10.8 Å². The van der Waals surface area contributed by atoms with Crippen molar-refractivity contribution in [1.29, 1.82) is 0 Å². The van der Waals surface area contributed by atoms with Crippen molar-refractivity contribution < 1.29 is 14.3 Å². The minimum Gasteiger partial charge on any atom is -0.489 e. The maximum atomic E-state index is 13.5. The van der Waals surface area contributed by atoms with Crippen LogP contribution in [0.5, 0.6) is 5.75 Å². The number of hydrogen-bond acceptors (Lipinski definition) is 4. The molecule has 0 saturated heterocycles. The van der Waals surface area contributed by atoms with Crippen LogP contribution in [0.2, 0.25) is 5.02 Å². The Balaban J connectivity index is 1.91. The van der Waals surface area contributed by atoms with Gasteiger partial charge in [-0.2, -0.15) is 0 Å². The number of ketones is 2. The summed E-state index contributed by atoms with van der Waals surface area (Å²) in [5, 5.41) is 0.506. The molecule has 1 aromatic rings. The van der Waals surface area contributed by atoms with Gasteiger partial charge in [0.1, 0.15) is 5.75 Å². The highest BCUT2D eigenvalue weighted by molar-refractivity contribution is 6.32. The van der Waals surface area contributed by atoms with Gasteiger partial charge in [-0.05, 0) is 55.2 Å². The monoisotopic (exact) mass is 455 g/mol. The second kappa shape index (κ2) is 7.76. The van der Waals surface area contributed by atoms with Crippen LogP contribution in [-0.2, 0) is 9.59 Å². The highest BCUT2D eigenvalue weighted by Gasteiger charge is 2.48. The normalized spacial score (nSPS) is 23.0. The van der Waals surface area contributed by atoms with Crippen molar-refractivity contribution in [3.63, 3.8) is 0 Å². The molecule has 0 radical (unpaired) electrons. The van der Waals surface area contributed by atoms with Crippen LogP contribution in [0.1, 0.15) is 78.7 Å². The first kappa shape index (κ1) is 23.1. The zero-order chi connectivity index (χ0) is 23.6. The molecule has 0 N–H and O–H groups in total. The summed E-state index contributed by atoms with van der Waals surface area (Å²) in [4.78, 5) is 29.2. The first-order valence-corrected chi connectivity index (χ1v) is 11.9. The predicted molar refractivity (Wildman–Crippen MR) is 128 cm³/mol. The molecule has 4 nitrogen and oxygen atoms in total. The third kappa shape index (κ3) is 4.03. The molecule has 1 aliphatic heterocycles. The van der Waals surface area contributed by atoms with Gasteiger partial charge in [-0.15, -0.1) is 0 Å². The smallest absolute Gasteiger partial charge is 0.162 e. The predicted octanol–water partition coefficient (Wildman–Crippen LogP) is 6.44. The standard InChI is InChI=1S/C27H34ClNO3/c1-15(2)32-22-9-8-16(10-17(22)28)23-24-18(11-26(3,4)13-20(24)30)29(7)19-12-27(5,6)14-21(31)25(19)23/h8-10,15,23H,11-14H2,1-7H3. The van der Waals surface area contributed by atoms with Crippen molar-refractivity contribution in [3.8, 4) is 5.75 Å². The lowest BCUT2D eigenvalue weighted by Gasteiger charge is -2.47. The van der Waals surface area contributed by atoms with Gasteiger partial charge < -0.3 is 9.64 Å². The van der Waals surface area contributed by atoms with Gasteiger partial charge in [-0.3, -0.25) is 9.59 Å². The lowest BCUT2D eigenvalue weighted by molar-refractivity contribution is -0.119. The molecule has 0 aromatic heterocycles. The Morgan fingerprint density at radius 3 is 1.88 bits per heavy atom. The molecule has 2 aliphatic carbocycles. The number of rotatable bonds is 3. The van der Waals surface area contributed by atoms with Crippen LogP contribution >= 0.6 is 11.6 Å². The van der Waals surface area contributed by atoms with E-state index in [0.29, 0.717) is 23.6 Å². The SMILES string of the molecule is CC(C)Oc1ccc(C2C3=C(CC(C)(C)CC3=O)N(C)C3=C2C(=O)CC(C)(C)C3)cc1Cl. The Kier molecular flexibility index (Phi) is 5.60. The summed E-state index contributed by atoms with van der Waals surface area (Å²) < 4.78 is 5.82. The summed E-state index contributed by atoms with van der Waals surface area (Å²) in [5.74, 6) is 0.523. The average molecular weight is 456 g/mol. The number of halogens is 1. The quantitative estimate of drug-likeness (QED) is 0.525. The van der Waals surface area contributed by atoms with Crippen LogP contribution < -0.4 is 4.74 Å². The fourth-order valence-electron chi connectivity index (χ4n) is 5.54. The zero-order valence-electron chi connectivity index (χ0n) is 20.3. The zero-order valence-corrected chi connectivity index (χ0v) is 21.0. The molecule has 3 aliphatic rings. The maximum Gasteiger partial charge on any atom is 0.162 e. The Morgan fingerprint density at radius 1 is 0.938 bits per heavy atom.